The predicted octanol–water partition coefficient (Wildman–Crippen LogP) is 9.06. The van der Waals surface area contributed by atoms with E-state index >= 15 is 0 Å². The van der Waals surface area contributed by atoms with Crippen LogP contribution in [0.15, 0.2) is 103 Å². The second-order valence-corrected chi connectivity index (χ2v) is 13.2. The first kappa shape index (κ1) is 26.6. The second kappa shape index (κ2) is 10.3. The molecule has 0 bridgehead atoms. The van der Waals surface area contributed by atoms with E-state index in [0.29, 0.717) is 5.92 Å². The maximum Gasteiger partial charge on any atom is 0.213 e. The molecular weight excluding hydrogens is 520 g/mol. The van der Waals surface area contributed by atoms with E-state index in [0.717, 1.165) is 12.8 Å². The lowest BCUT2D eigenvalue weighted by Crippen LogP contribution is -2.56. The summed E-state index contributed by atoms with van der Waals surface area (Å²) in [6.45, 7) is 6.97. The molecule has 2 aromatic heterocycles. The molecule has 3 aromatic carbocycles. The van der Waals surface area contributed by atoms with Gasteiger partial charge in [0.15, 0.2) is 23.5 Å². The molecule has 0 spiro atoms. The van der Waals surface area contributed by atoms with Crippen molar-refractivity contribution in [2.45, 2.75) is 83.2 Å². The van der Waals surface area contributed by atoms with E-state index < -0.39 is 0 Å². The maximum absolute atomic E-state index is 2.80. The third-order valence-corrected chi connectivity index (χ3v) is 10.9. The van der Waals surface area contributed by atoms with Gasteiger partial charge in [0.05, 0.1) is 11.5 Å². The zero-order valence-electron chi connectivity index (χ0n) is 25.8. The molecule has 5 aromatic rings. The molecule has 2 nitrogen and oxygen atoms in total. The summed E-state index contributed by atoms with van der Waals surface area (Å²) >= 11 is 0. The first-order valence-corrected chi connectivity index (χ1v) is 16.5. The molecule has 2 heteroatoms. The quantitative estimate of drug-likeness (QED) is 0.182. The summed E-state index contributed by atoms with van der Waals surface area (Å²) in [5.74, 6) is 0.362. The Hall–Kier alpha value is -4.04. The van der Waals surface area contributed by atoms with Crippen molar-refractivity contribution < 1.29 is 9.13 Å². The first-order valence-electron chi connectivity index (χ1n) is 16.5. The molecule has 0 N–H and O–H groups in total. The van der Waals surface area contributed by atoms with Crippen LogP contribution in [0.25, 0.3) is 33.6 Å². The monoisotopic (exact) mass is 562 g/mol. The third kappa shape index (κ3) is 4.06. The number of benzene rings is 3. The Bertz CT molecular complexity index is 1870. The number of unbranched alkanes of at least 4 members (excludes halogenated alkanes) is 1. The molecule has 0 fully saturated rings. The minimum atomic E-state index is 0.128. The van der Waals surface area contributed by atoms with Crippen molar-refractivity contribution in [1.29, 1.82) is 0 Å². The standard InChI is InChI=1S/C41H42N2/c1-4-6-14-29-24-31-22-23-41(5-2)26-37(33-16-9-10-17-34(33)39(25-29)43(31)41)40-36-19-12-11-18-35(36)38-21-20-30(27-42(38)40)32-15-8-7-13-28(32)3/h7-13,15-21,24-25,27,37,40H,4-6,14,22-23,26H2,1-3H3/q+2. The van der Waals surface area contributed by atoms with Gasteiger partial charge in [-0.25, -0.2) is 0 Å². The van der Waals surface area contributed by atoms with Gasteiger partial charge in [0.2, 0.25) is 11.4 Å². The Morgan fingerprint density at radius 2 is 1.49 bits per heavy atom. The van der Waals surface area contributed by atoms with Crippen molar-refractivity contribution >= 4 is 0 Å². The molecule has 0 amide bonds. The Labute approximate surface area is 256 Å². The summed E-state index contributed by atoms with van der Waals surface area (Å²) in [5, 5.41) is 0. The number of nitrogens with zero attached hydrogens (tertiary/aromatic N) is 2. The van der Waals surface area contributed by atoms with Crippen molar-refractivity contribution in [3.63, 3.8) is 0 Å². The molecule has 5 heterocycles. The highest BCUT2D eigenvalue weighted by Crippen LogP contribution is 2.51. The summed E-state index contributed by atoms with van der Waals surface area (Å²) in [4.78, 5) is 0. The minimum Gasteiger partial charge on any atom is -0.190 e. The zero-order valence-corrected chi connectivity index (χ0v) is 25.8. The van der Waals surface area contributed by atoms with Crippen LogP contribution in [0.1, 0.15) is 85.9 Å². The molecular formula is C41H42N2+2. The van der Waals surface area contributed by atoms with Crippen molar-refractivity contribution in [3.8, 4) is 33.6 Å². The van der Waals surface area contributed by atoms with Crippen LogP contribution in [0, 0.1) is 6.92 Å². The lowest BCUT2D eigenvalue weighted by atomic mass is 9.75. The fourth-order valence-electron chi connectivity index (χ4n) is 8.76. The average molecular weight is 563 g/mol. The molecule has 214 valence electrons. The Morgan fingerprint density at radius 1 is 0.767 bits per heavy atom. The second-order valence-electron chi connectivity index (χ2n) is 13.2. The topological polar surface area (TPSA) is 7.76 Å². The minimum absolute atomic E-state index is 0.128. The van der Waals surface area contributed by atoms with Gasteiger partial charge >= 0.3 is 0 Å². The number of fused-ring (bicyclic) bond motifs is 5. The summed E-state index contributed by atoms with van der Waals surface area (Å²) in [5.41, 5.74) is 15.7. The zero-order chi connectivity index (χ0) is 29.1. The van der Waals surface area contributed by atoms with Gasteiger partial charge in [-0.1, -0.05) is 80.9 Å². The van der Waals surface area contributed by atoms with Crippen LogP contribution in [-0.2, 0) is 18.4 Å². The smallest absolute Gasteiger partial charge is 0.190 e. The van der Waals surface area contributed by atoms with Crippen molar-refractivity contribution in [1.82, 2.24) is 0 Å². The van der Waals surface area contributed by atoms with Crippen LogP contribution < -0.4 is 9.13 Å². The van der Waals surface area contributed by atoms with Gasteiger partial charge in [-0.05, 0) is 60.2 Å². The van der Waals surface area contributed by atoms with Gasteiger partial charge in [0.25, 0.3) is 0 Å². The largest absolute Gasteiger partial charge is 0.213 e. The fourth-order valence-corrected chi connectivity index (χ4v) is 8.76. The molecule has 3 aliphatic rings. The van der Waals surface area contributed by atoms with E-state index in [9.17, 15) is 0 Å². The van der Waals surface area contributed by atoms with Crippen LogP contribution in [0.2, 0.25) is 0 Å². The van der Waals surface area contributed by atoms with Gasteiger partial charge in [-0.3, -0.25) is 0 Å². The van der Waals surface area contributed by atoms with Gasteiger partial charge in [-0.2, -0.15) is 9.13 Å². The summed E-state index contributed by atoms with van der Waals surface area (Å²) in [6.07, 6.45) is 10.8. The Morgan fingerprint density at radius 3 is 2.26 bits per heavy atom. The van der Waals surface area contributed by atoms with E-state index in [1.807, 2.05) is 0 Å². The molecule has 8 rings (SSSR count). The number of aromatic nitrogens is 2. The van der Waals surface area contributed by atoms with E-state index in [1.165, 1.54) is 88.0 Å². The van der Waals surface area contributed by atoms with E-state index in [-0.39, 0.29) is 11.6 Å². The number of hydrogen-bond acceptors (Lipinski definition) is 0. The van der Waals surface area contributed by atoms with E-state index in [1.54, 1.807) is 5.69 Å². The molecule has 43 heavy (non-hydrogen) atoms. The summed E-state index contributed by atoms with van der Waals surface area (Å²) < 4.78 is 5.44. The summed E-state index contributed by atoms with van der Waals surface area (Å²) in [7, 11) is 0. The van der Waals surface area contributed by atoms with Crippen LogP contribution in [0.5, 0.6) is 0 Å². The molecule has 3 aliphatic heterocycles. The number of rotatable bonds is 6. The van der Waals surface area contributed by atoms with E-state index in [2.05, 4.69) is 133 Å². The fraction of sp³-hybridized carbons (Fsp3) is 0.317. The van der Waals surface area contributed by atoms with Crippen LogP contribution in [-0.4, -0.2) is 0 Å². The average Bonchev–Trinajstić information content (AvgIpc) is 3.54. The number of hydrogen-bond donors (Lipinski definition) is 0. The SMILES string of the molecule is CCCCc1cc2[n+]3c(c1)-c1ccccc1C(C1c4ccccc4-c4ccc(-c5ccccc5C)c[n+]41)CC3(CC)CC2. The normalized spacial score (nSPS) is 21.1. The van der Waals surface area contributed by atoms with Crippen LogP contribution in [0.3, 0.4) is 0 Å². The molecule has 0 saturated heterocycles. The van der Waals surface area contributed by atoms with Crippen LogP contribution >= 0.6 is 0 Å². The molecule has 3 atom stereocenters. The first-order chi connectivity index (χ1) is 21.1. The Balaban J connectivity index is 1.36. The molecule has 0 saturated carbocycles. The van der Waals surface area contributed by atoms with Crippen LogP contribution in [0.4, 0.5) is 0 Å². The van der Waals surface area contributed by atoms with Gasteiger partial charge < -0.3 is 0 Å². The number of pyridine rings is 2. The van der Waals surface area contributed by atoms with Crippen molar-refractivity contribution in [2.24, 2.45) is 0 Å². The third-order valence-electron chi connectivity index (χ3n) is 10.9. The summed E-state index contributed by atoms with van der Waals surface area (Å²) in [6, 6.07) is 37.4. The van der Waals surface area contributed by atoms with Crippen molar-refractivity contribution in [2.75, 3.05) is 0 Å². The highest BCUT2D eigenvalue weighted by Gasteiger charge is 2.55. The molecule has 0 aliphatic carbocycles. The Kier molecular flexibility index (Phi) is 6.37. The number of aryl methyl sites for hydroxylation is 3. The lowest BCUT2D eigenvalue weighted by molar-refractivity contribution is -0.752. The van der Waals surface area contributed by atoms with Gasteiger partial charge in [0, 0.05) is 60.6 Å². The highest BCUT2D eigenvalue weighted by molar-refractivity contribution is 5.71. The maximum atomic E-state index is 2.80. The molecule has 0 radical (unpaired) electrons. The van der Waals surface area contributed by atoms with Gasteiger partial charge in [-0.15, -0.1) is 0 Å². The molecule has 3 unspecified atom stereocenters. The predicted molar refractivity (Wildman–Crippen MR) is 175 cm³/mol. The van der Waals surface area contributed by atoms with Crippen molar-refractivity contribution in [3.05, 3.63) is 131 Å². The highest BCUT2D eigenvalue weighted by atomic mass is 15.1. The lowest BCUT2D eigenvalue weighted by Gasteiger charge is -2.28. The van der Waals surface area contributed by atoms with E-state index in [4.69, 9.17) is 0 Å². The van der Waals surface area contributed by atoms with Gasteiger partial charge in [0.1, 0.15) is 0 Å².